The van der Waals surface area contributed by atoms with Gasteiger partial charge in [-0.2, -0.15) is 0 Å². The minimum absolute atomic E-state index is 0.0197. The molecule has 0 spiro atoms. The minimum Gasteiger partial charge on any atom is -0.507 e. The van der Waals surface area contributed by atoms with Crippen molar-refractivity contribution in [3.05, 3.63) is 59.7 Å². The number of alkyl halides is 2. The van der Waals surface area contributed by atoms with Gasteiger partial charge in [-0.1, -0.05) is 12.1 Å². The molecule has 6 aliphatic rings. The van der Waals surface area contributed by atoms with Crippen molar-refractivity contribution in [1.29, 1.82) is 0 Å². The van der Waals surface area contributed by atoms with Crippen molar-refractivity contribution >= 4 is 40.8 Å². The van der Waals surface area contributed by atoms with Gasteiger partial charge in [0.2, 0.25) is 11.8 Å². The van der Waals surface area contributed by atoms with E-state index in [4.69, 9.17) is 0 Å². The zero-order valence-corrected chi connectivity index (χ0v) is 31.0. The van der Waals surface area contributed by atoms with Gasteiger partial charge in [-0.3, -0.25) is 34.3 Å². The number of imide groups is 2. The summed E-state index contributed by atoms with van der Waals surface area (Å²) in [6.45, 7) is 6.27. The quantitative estimate of drug-likeness (QED) is 0.303. The van der Waals surface area contributed by atoms with Crippen LogP contribution in [0.4, 0.5) is 26.0 Å². The number of amides is 4. The number of nitrogens with one attached hydrogen (secondary N) is 2. The molecule has 56 heavy (non-hydrogen) atoms. The predicted octanol–water partition coefficient (Wildman–Crippen LogP) is 3.04. The number of piperazine rings is 1. The van der Waals surface area contributed by atoms with Gasteiger partial charge in [-0.05, 0) is 81.1 Å². The first-order chi connectivity index (χ1) is 27.0. The Morgan fingerprint density at radius 2 is 1.62 bits per heavy atom. The molecule has 0 aliphatic carbocycles. The number of para-hydroxylation sites is 1. The molecule has 0 bridgehead atoms. The number of hydrogen-bond acceptors (Lipinski definition) is 12. The third kappa shape index (κ3) is 6.71. The Morgan fingerprint density at radius 1 is 0.821 bits per heavy atom. The molecule has 2 aromatic carbocycles. The zero-order valence-electron chi connectivity index (χ0n) is 31.0. The van der Waals surface area contributed by atoms with E-state index in [0.717, 1.165) is 75.1 Å². The maximum absolute atomic E-state index is 15.8. The fraction of sp³-hybridized carbons (Fsp3) is 0.500. The van der Waals surface area contributed by atoms with Gasteiger partial charge in [0, 0.05) is 69.4 Å². The summed E-state index contributed by atoms with van der Waals surface area (Å²) in [4.78, 5) is 60.0. The van der Waals surface area contributed by atoms with E-state index in [2.05, 4.69) is 35.5 Å². The fourth-order valence-electron chi connectivity index (χ4n) is 9.46. The number of carbonyl (C=O) groups excluding carboxylic acids is 4. The summed E-state index contributed by atoms with van der Waals surface area (Å²) in [5.41, 5.74) is 2.95. The molecule has 4 fully saturated rings. The summed E-state index contributed by atoms with van der Waals surface area (Å²) in [7, 11) is 0. The molecule has 3 atom stereocenters. The van der Waals surface area contributed by atoms with Gasteiger partial charge in [-0.15, -0.1) is 10.2 Å². The Bertz CT molecular complexity index is 2080. The summed E-state index contributed by atoms with van der Waals surface area (Å²) in [5.74, 6) is -4.72. The standard InChI is InChI=1S/C40H45F2N9O5/c41-40(42)23-49(26-5-6-28-30(17-26)39(56)51(38(28)55)32-7-8-35(53)44-37(32)54)14-11-25(40)21-47-12-9-24(10-13-47)20-48-15-16-50-27(22-48)19-43-36-33(50)18-31(45-46-36)29-3-1-2-4-34(29)52/h1-6,17-18,24-25,27,32,52H,7-16,19-23H2,(H,43,46)(H,44,53,54)/t25?,27-,32?/m0/s1. The minimum atomic E-state index is -2.95. The van der Waals surface area contributed by atoms with Gasteiger partial charge in [0.05, 0.1) is 35.1 Å². The Balaban J connectivity index is 0.759. The van der Waals surface area contributed by atoms with E-state index in [9.17, 15) is 24.3 Å². The van der Waals surface area contributed by atoms with Gasteiger partial charge in [-0.25, -0.2) is 8.78 Å². The van der Waals surface area contributed by atoms with Crippen LogP contribution in [0.5, 0.6) is 5.75 Å². The number of phenols is 1. The lowest BCUT2D eigenvalue weighted by molar-refractivity contribution is -0.136. The van der Waals surface area contributed by atoms with Crippen molar-refractivity contribution < 1.29 is 33.1 Å². The van der Waals surface area contributed by atoms with Crippen LogP contribution in [-0.2, 0) is 9.59 Å². The predicted molar refractivity (Wildman–Crippen MR) is 203 cm³/mol. The average molecular weight is 770 g/mol. The number of hydrogen-bond donors (Lipinski definition) is 3. The normalized spacial score (nSPS) is 25.8. The number of fused-ring (bicyclic) bond motifs is 4. The van der Waals surface area contributed by atoms with Gasteiger partial charge in [0.15, 0.2) is 5.82 Å². The number of aromatic hydroxyl groups is 1. The molecule has 2 unspecified atom stereocenters. The Labute approximate surface area is 322 Å². The lowest BCUT2D eigenvalue weighted by Gasteiger charge is -2.47. The molecule has 3 aromatic rings. The van der Waals surface area contributed by atoms with Crippen molar-refractivity contribution in [1.82, 2.24) is 30.2 Å². The Kier molecular flexibility index (Phi) is 9.35. The largest absolute Gasteiger partial charge is 0.507 e. The topological polar surface area (TPSA) is 155 Å². The first-order valence-electron chi connectivity index (χ1n) is 19.6. The van der Waals surface area contributed by atoms with E-state index in [-0.39, 0.29) is 35.8 Å². The van der Waals surface area contributed by atoms with Gasteiger partial charge in [0.1, 0.15) is 11.8 Å². The summed E-state index contributed by atoms with van der Waals surface area (Å²) < 4.78 is 31.6. The lowest BCUT2D eigenvalue weighted by atomic mass is 9.89. The lowest BCUT2D eigenvalue weighted by Crippen LogP contribution is -2.58. The number of likely N-dealkylation sites (tertiary alicyclic amines) is 1. The molecule has 3 N–H and O–H groups in total. The highest BCUT2D eigenvalue weighted by molar-refractivity contribution is 6.23. The van der Waals surface area contributed by atoms with Crippen LogP contribution in [-0.4, -0.2) is 137 Å². The first kappa shape index (κ1) is 36.4. The molecule has 294 valence electrons. The Hall–Kier alpha value is -5.22. The van der Waals surface area contributed by atoms with Crippen molar-refractivity contribution in [2.45, 2.75) is 50.1 Å². The van der Waals surface area contributed by atoms with Crippen LogP contribution in [0.25, 0.3) is 11.3 Å². The Morgan fingerprint density at radius 3 is 2.41 bits per heavy atom. The van der Waals surface area contributed by atoms with Gasteiger partial charge in [0.25, 0.3) is 17.7 Å². The van der Waals surface area contributed by atoms with E-state index < -0.39 is 48.1 Å². The molecule has 9 rings (SSSR count). The average Bonchev–Trinajstić information content (AvgIpc) is 3.44. The molecule has 6 aliphatic heterocycles. The number of anilines is 3. The molecule has 14 nitrogen and oxygen atoms in total. The van der Waals surface area contributed by atoms with E-state index in [1.165, 1.54) is 12.1 Å². The first-order valence-corrected chi connectivity index (χ1v) is 19.6. The molecule has 7 heterocycles. The van der Waals surface area contributed by atoms with Crippen LogP contribution in [0.15, 0.2) is 48.5 Å². The third-order valence-corrected chi connectivity index (χ3v) is 12.6. The number of rotatable bonds is 7. The molecule has 16 heteroatoms. The third-order valence-electron chi connectivity index (χ3n) is 12.6. The monoisotopic (exact) mass is 769 g/mol. The van der Waals surface area contributed by atoms with E-state index in [1.54, 1.807) is 23.1 Å². The van der Waals surface area contributed by atoms with E-state index in [1.807, 2.05) is 18.2 Å². The molecule has 1 aromatic heterocycles. The molecule has 0 saturated carbocycles. The fourth-order valence-corrected chi connectivity index (χ4v) is 9.46. The summed E-state index contributed by atoms with van der Waals surface area (Å²) in [6.07, 6.45) is 2.29. The van der Waals surface area contributed by atoms with Crippen molar-refractivity contribution in [3.63, 3.8) is 0 Å². The SMILES string of the molecule is O=C1CCC(N2C(=O)c3ccc(N4CCC(CN5CCC(CN6CCN7c8cc(-c9ccccc9O)nnc8NC[C@H]7C6)CC5)C(F)(F)C4)cc3C2=O)C(=O)N1. The van der Waals surface area contributed by atoms with Crippen LogP contribution in [0.2, 0.25) is 0 Å². The van der Waals surface area contributed by atoms with Crippen molar-refractivity contribution in [2.24, 2.45) is 11.8 Å². The molecular weight excluding hydrogens is 724 g/mol. The van der Waals surface area contributed by atoms with Crippen LogP contribution < -0.4 is 20.4 Å². The van der Waals surface area contributed by atoms with Crippen molar-refractivity contribution in [2.75, 3.05) is 80.6 Å². The van der Waals surface area contributed by atoms with Crippen LogP contribution >= 0.6 is 0 Å². The number of benzene rings is 2. The second kappa shape index (κ2) is 14.4. The summed E-state index contributed by atoms with van der Waals surface area (Å²) >= 11 is 0. The molecular formula is C40H45F2N9O5. The maximum Gasteiger partial charge on any atom is 0.269 e. The second-order valence-corrected chi connectivity index (χ2v) is 16.1. The van der Waals surface area contributed by atoms with Gasteiger partial charge < -0.3 is 25.1 Å². The number of halogens is 2. The van der Waals surface area contributed by atoms with Crippen LogP contribution in [0, 0.1) is 11.8 Å². The highest BCUT2D eigenvalue weighted by Gasteiger charge is 2.48. The van der Waals surface area contributed by atoms with E-state index >= 15 is 8.78 Å². The number of phenolic OH excluding ortho intramolecular Hbond substituents is 1. The smallest absolute Gasteiger partial charge is 0.269 e. The molecule has 4 saturated heterocycles. The molecule has 4 amide bonds. The molecule has 0 radical (unpaired) electrons. The summed E-state index contributed by atoms with van der Waals surface area (Å²) in [5, 5.41) is 24.8. The van der Waals surface area contributed by atoms with Crippen LogP contribution in [0.1, 0.15) is 52.8 Å². The number of piperidine rings is 3. The summed E-state index contributed by atoms with van der Waals surface area (Å²) in [6, 6.07) is 12.9. The highest BCUT2D eigenvalue weighted by Crippen LogP contribution is 2.39. The highest BCUT2D eigenvalue weighted by atomic mass is 19.3. The zero-order chi connectivity index (χ0) is 38.7. The number of nitrogens with zero attached hydrogens (tertiary/aromatic N) is 7. The van der Waals surface area contributed by atoms with Crippen LogP contribution in [0.3, 0.4) is 0 Å². The van der Waals surface area contributed by atoms with Crippen molar-refractivity contribution in [3.8, 4) is 17.0 Å². The maximum atomic E-state index is 15.8. The van der Waals surface area contributed by atoms with E-state index in [0.29, 0.717) is 42.4 Å². The van der Waals surface area contributed by atoms with Gasteiger partial charge >= 0.3 is 0 Å². The number of carbonyl (C=O) groups is 4. The number of aromatic nitrogens is 2. The second-order valence-electron chi connectivity index (χ2n) is 16.1.